The second kappa shape index (κ2) is 14.4. The second-order valence-corrected chi connectivity index (χ2v) is 11.9. The van der Waals surface area contributed by atoms with Crippen LogP contribution < -0.4 is 15.6 Å². The molecule has 4 heterocycles. The summed E-state index contributed by atoms with van der Waals surface area (Å²) in [6.07, 6.45) is 6.70. The first-order valence-electron chi connectivity index (χ1n) is 15.3. The van der Waals surface area contributed by atoms with E-state index in [0.29, 0.717) is 51.0 Å². The minimum absolute atomic E-state index is 0.0307. The van der Waals surface area contributed by atoms with E-state index < -0.39 is 23.2 Å². The van der Waals surface area contributed by atoms with Crippen molar-refractivity contribution in [1.82, 2.24) is 24.3 Å². The Hall–Kier alpha value is -4.27. The van der Waals surface area contributed by atoms with E-state index in [1.165, 1.54) is 29.1 Å². The summed E-state index contributed by atoms with van der Waals surface area (Å²) in [4.78, 5) is 51.1. The van der Waals surface area contributed by atoms with Gasteiger partial charge >= 0.3 is 0 Å². The normalized spacial score (nSPS) is 19.0. The molecule has 2 aliphatic rings. The summed E-state index contributed by atoms with van der Waals surface area (Å²) in [5.41, 5.74) is -0.447. The van der Waals surface area contributed by atoms with Crippen LogP contribution in [0.1, 0.15) is 50.4 Å². The summed E-state index contributed by atoms with van der Waals surface area (Å²) < 4.78 is 45.1. The summed E-state index contributed by atoms with van der Waals surface area (Å²) in [5, 5.41) is 2.72. The largest absolute Gasteiger partial charge is 0.434 e. The highest BCUT2D eigenvalue weighted by atomic mass is 19.1. The van der Waals surface area contributed by atoms with Gasteiger partial charge in [-0.25, -0.2) is 18.7 Å². The number of halogens is 2. The van der Waals surface area contributed by atoms with Crippen molar-refractivity contribution >= 4 is 17.6 Å². The number of hydrogen-bond acceptors (Lipinski definition) is 9. The van der Waals surface area contributed by atoms with Crippen LogP contribution in [-0.2, 0) is 20.8 Å². The highest BCUT2D eigenvalue weighted by Gasteiger charge is 2.39. The van der Waals surface area contributed by atoms with Gasteiger partial charge in [0, 0.05) is 51.1 Å². The van der Waals surface area contributed by atoms with E-state index in [-0.39, 0.29) is 41.1 Å². The van der Waals surface area contributed by atoms with Gasteiger partial charge in [-0.1, -0.05) is 0 Å². The number of carbonyl (C=O) groups excluding carboxylic acids is 2. The van der Waals surface area contributed by atoms with Gasteiger partial charge in [0.2, 0.25) is 11.8 Å². The van der Waals surface area contributed by atoms with Crippen molar-refractivity contribution in [1.29, 1.82) is 0 Å². The highest BCUT2D eigenvalue weighted by Crippen LogP contribution is 2.26. The van der Waals surface area contributed by atoms with Gasteiger partial charge in [0.05, 0.1) is 36.1 Å². The number of aromatic nitrogens is 3. The SMILES string of the molecule is C[C@@H](C(=O)Nc1cnc(Oc2ccc(F)cc2F)cn1)N1CCN(C(=O)c2ccc(=O)n(CCOC3CCCCO3)c2)C(C)(C)C1. The minimum atomic E-state index is -0.882. The van der Waals surface area contributed by atoms with Crippen LogP contribution in [0.4, 0.5) is 14.6 Å². The van der Waals surface area contributed by atoms with Crippen LogP contribution in [0.25, 0.3) is 0 Å². The predicted molar refractivity (Wildman–Crippen MR) is 163 cm³/mol. The topological polar surface area (TPSA) is 128 Å². The third-order valence-electron chi connectivity index (χ3n) is 8.10. The van der Waals surface area contributed by atoms with Crippen LogP contribution in [0.2, 0.25) is 0 Å². The number of hydrogen-bond donors (Lipinski definition) is 1. The Morgan fingerprint density at radius 1 is 1.13 bits per heavy atom. The number of carbonyl (C=O) groups is 2. The summed E-state index contributed by atoms with van der Waals surface area (Å²) in [6.45, 7) is 8.14. The van der Waals surface area contributed by atoms with Gasteiger partial charge in [-0.15, -0.1) is 0 Å². The maximum absolute atomic E-state index is 13.9. The lowest BCUT2D eigenvalue weighted by molar-refractivity contribution is -0.163. The third kappa shape index (κ3) is 8.11. The fourth-order valence-electron chi connectivity index (χ4n) is 5.51. The lowest BCUT2D eigenvalue weighted by Gasteiger charge is -2.48. The number of amides is 2. The van der Waals surface area contributed by atoms with E-state index in [4.69, 9.17) is 14.2 Å². The molecule has 246 valence electrons. The van der Waals surface area contributed by atoms with Gasteiger partial charge in [-0.3, -0.25) is 19.3 Å². The van der Waals surface area contributed by atoms with Gasteiger partial charge < -0.3 is 29.0 Å². The van der Waals surface area contributed by atoms with E-state index in [0.717, 1.165) is 31.4 Å². The molecule has 3 aromatic rings. The van der Waals surface area contributed by atoms with Crippen LogP contribution in [-0.4, -0.2) is 86.9 Å². The maximum atomic E-state index is 13.9. The molecule has 2 aliphatic heterocycles. The summed E-state index contributed by atoms with van der Waals surface area (Å²) in [7, 11) is 0. The van der Waals surface area contributed by atoms with Crippen molar-refractivity contribution in [2.24, 2.45) is 0 Å². The summed E-state index contributed by atoms with van der Waals surface area (Å²) in [5.74, 6) is -2.21. The Balaban J connectivity index is 1.15. The fourth-order valence-corrected chi connectivity index (χ4v) is 5.51. The first-order chi connectivity index (χ1) is 22.0. The van der Waals surface area contributed by atoms with Crippen LogP contribution in [0.15, 0.2) is 53.7 Å². The van der Waals surface area contributed by atoms with E-state index in [9.17, 15) is 23.2 Å². The second-order valence-electron chi connectivity index (χ2n) is 11.9. The van der Waals surface area contributed by atoms with Gasteiger partial charge in [0.25, 0.3) is 11.5 Å². The number of nitrogens with one attached hydrogen (secondary N) is 1. The van der Waals surface area contributed by atoms with E-state index in [1.807, 2.05) is 18.7 Å². The smallest absolute Gasteiger partial charge is 0.255 e. The standard InChI is InChI=1S/C32H38F2N6O6/c1-21(30(42)37-26-17-36-27(18-35-26)46-25-9-8-23(33)16-24(25)34)39-11-12-40(32(2,3)20-39)31(43)22-7-10-28(41)38(19-22)13-15-45-29-6-4-5-14-44-29/h7-10,16-19,21,29H,4-6,11-15,20H2,1-3H3,(H,35,37,42)/t21-,29?/m0/s1. The Labute approximate surface area is 265 Å². The summed E-state index contributed by atoms with van der Waals surface area (Å²) >= 11 is 0. The van der Waals surface area contributed by atoms with E-state index in [1.54, 1.807) is 18.0 Å². The molecule has 1 N–H and O–H groups in total. The number of ether oxygens (including phenoxy) is 3. The van der Waals surface area contributed by atoms with Crippen LogP contribution >= 0.6 is 0 Å². The molecular weight excluding hydrogens is 602 g/mol. The van der Waals surface area contributed by atoms with E-state index >= 15 is 0 Å². The molecule has 2 fully saturated rings. The molecule has 2 amide bonds. The zero-order valence-electron chi connectivity index (χ0n) is 26.1. The van der Waals surface area contributed by atoms with Gasteiger partial charge in [-0.2, -0.15) is 0 Å². The van der Waals surface area contributed by atoms with Gasteiger partial charge in [0.15, 0.2) is 23.7 Å². The number of anilines is 1. The molecule has 1 aromatic carbocycles. The van der Waals surface area contributed by atoms with Crippen molar-refractivity contribution in [3.63, 3.8) is 0 Å². The van der Waals surface area contributed by atoms with Crippen molar-refractivity contribution < 1.29 is 32.6 Å². The Kier molecular flexibility index (Phi) is 10.4. The highest BCUT2D eigenvalue weighted by molar-refractivity contribution is 5.95. The number of nitrogens with zero attached hydrogens (tertiary/aromatic N) is 5. The number of rotatable bonds is 10. The average molecular weight is 641 g/mol. The van der Waals surface area contributed by atoms with Crippen LogP contribution in [0.5, 0.6) is 11.6 Å². The quantitative estimate of drug-likeness (QED) is 0.352. The zero-order valence-corrected chi connectivity index (χ0v) is 26.1. The van der Waals surface area contributed by atoms with Crippen molar-refractivity contribution in [3.8, 4) is 11.6 Å². The molecular formula is C32H38F2N6O6. The number of pyridine rings is 1. The molecule has 12 nitrogen and oxygen atoms in total. The molecule has 14 heteroatoms. The molecule has 2 aromatic heterocycles. The number of piperazine rings is 1. The fraction of sp³-hybridized carbons (Fsp3) is 0.469. The van der Waals surface area contributed by atoms with E-state index in [2.05, 4.69) is 15.3 Å². The number of benzene rings is 1. The molecule has 5 rings (SSSR count). The molecule has 0 radical (unpaired) electrons. The third-order valence-corrected chi connectivity index (χ3v) is 8.10. The Morgan fingerprint density at radius 3 is 2.65 bits per heavy atom. The lowest BCUT2D eigenvalue weighted by atomic mass is 9.96. The minimum Gasteiger partial charge on any atom is -0.434 e. The molecule has 46 heavy (non-hydrogen) atoms. The molecule has 1 unspecified atom stereocenters. The predicted octanol–water partition coefficient (Wildman–Crippen LogP) is 3.82. The zero-order chi connectivity index (χ0) is 32.8. The van der Waals surface area contributed by atoms with Crippen LogP contribution in [0.3, 0.4) is 0 Å². The Morgan fingerprint density at radius 2 is 1.96 bits per heavy atom. The lowest BCUT2D eigenvalue weighted by Crippen LogP contribution is -2.63. The van der Waals surface area contributed by atoms with Crippen molar-refractivity contribution in [2.45, 2.75) is 64.4 Å². The summed E-state index contributed by atoms with van der Waals surface area (Å²) in [6, 6.07) is 5.27. The first kappa shape index (κ1) is 33.1. The first-order valence-corrected chi connectivity index (χ1v) is 15.3. The van der Waals surface area contributed by atoms with Gasteiger partial charge in [0.1, 0.15) is 5.82 Å². The monoisotopic (exact) mass is 640 g/mol. The average Bonchev–Trinajstić information content (AvgIpc) is 3.03. The molecule has 0 saturated carbocycles. The molecule has 2 saturated heterocycles. The van der Waals surface area contributed by atoms with Crippen molar-refractivity contribution in [3.05, 3.63) is 76.5 Å². The molecule has 0 aliphatic carbocycles. The Bertz CT molecular complexity index is 1590. The van der Waals surface area contributed by atoms with Gasteiger partial charge in [-0.05, 0) is 58.2 Å². The molecule has 0 bridgehead atoms. The maximum Gasteiger partial charge on any atom is 0.255 e. The van der Waals surface area contributed by atoms with Crippen molar-refractivity contribution in [2.75, 3.05) is 38.2 Å². The molecule has 2 atom stereocenters. The molecule has 0 spiro atoms. The van der Waals surface area contributed by atoms with Crippen LogP contribution in [0, 0.1) is 11.6 Å².